The molecule has 24 heavy (non-hydrogen) atoms. The first-order valence-electron chi connectivity index (χ1n) is 9.06. The number of allylic oxidation sites excluding steroid dienone is 2. The van der Waals surface area contributed by atoms with E-state index in [-0.39, 0.29) is 5.92 Å². The molecule has 2 aromatic rings. The molecule has 1 heteroatoms. The Morgan fingerprint density at radius 1 is 0.833 bits per heavy atom. The molecule has 6 atom stereocenters. The predicted octanol–water partition coefficient (Wildman–Crippen LogP) is 5.03. The molecular weight excluding hydrogens is 290 g/mol. The summed E-state index contributed by atoms with van der Waals surface area (Å²) < 4.78 is 0. The van der Waals surface area contributed by atoms with Gasteiger partial charge in [-0.1, -0.05) is 72.8 Å². The van der Waals surface area contributed by atoms with Gasteiger partial charge in [0, 0.05) is 5.92 Å². The largest absolute Gasteiger partial charge is 0.198 e. The van der Waals surface area contributed by atoms with E-state index in [4.69, 9.17) is 0 Å². The van der Waals surface area contributed by atoms with E-state index in [2.05, 4.69) is 78.9 Å². The van der Waals surface area contributed by atoms with Crippen LogP contribution in [0.5, 0.6) is 0 Å². The summed E-state index contributed by atoms with van der Waals surface area (Å²) in [6.07, 6.45) is 5.87. The zero-order chi connectivity index (χ0) is 16.1. The van der Waals surface area contributed by atoms with Crippen molar-refractivity contribution in [3.05, 3.63) is 83.9 Å². The van der Waals surface area contributed by atoms with Gasteiger partial charge in [0.1, 0.15) is 0 Å². The zero-order valence-corrected chi connectivity index (χ0v) is 13.6. The zero-order valence-electron chi connectivity index (χ0n) is 13.6. The SMILES string of the molecule is N#C[C@@H]1C[C@H]2C(C(c3ccccc3)c3ccccc3)[C@H]1[C@@H]1C=C[C@H]12. The molecule has 2 fully saturated rings. The van der Waals surface area contributed by atoms with Crippen LogP contribution in [0.4, 0.5) is 0 Å². The van der Waals surface area contributed by atoms with Crippen LogP contribution in [-0.4, -0.2) is 0 Å². The molecule has 2 aromatic carbocycles. The van der Waals surface area contributed by atoms with Crippen LogP contribution in [0.25, 0.3) is 0 Å². The van der Waals surface area contributed by atoms with Crippen LogP contribution in [0.15, 0.2) is 72.8 Å². The smallest absolute Gasteiger partial charge is 0.0659 e. The van der Waals surface area contributed by atoms with Crippen LogP contribution < -0.4 is 0 Å². The fraction of sp³-hybridized carbons (Fsp3) is 0.348. The first-order chi connectivity index (χ1) is 11.9. The Bertz CT molecular complexity index is 761. The molecule has 3 aliphatic rings. The third-order valence-corrected chi connectivity index (χ3v) is 6.74. The topological polar surface area (TPSA) is 23.8 Å². The quantitative estimate of drug-likeness (QED) is 0.730. The molecule has 0 spiro atoms. The number of rotatable bonds is 3. The molecule has 118 valence electrons. The van der Waals surface area contributed by atoms with Crippen LogP contribution in [0, 0.1) is 46.8 Å². The molecule has 5 rings (SSSR count). The van der Waals surface area contributed by atoms with Crippen molar-refractivity contribution >= 4 is 0 Å². The molecule has 0 saturated heterocycles. The van der Waals surface area contributed by atoms with Gasteiger partial charge >= 0.3 is 0 Å². The van der Waals surface area contributed by atoms with Crippen molar-refractivity contribution in [2.24, 2.45) is 35.5 Å². The van der Waals surface area contributed by atoms with Gasteiger partial charge < -0.3 is 0 Å². The molecular formula is C23H21N. The summed E-state index contributed by atoms with van der Waals surface area (Å²) in [7, 11) is 0. The molecule has 1 unspecified atom stereocenters. The summed E-state index contributed by atoms with van der Waals surface area (Å²) in [4.78, 5) is 0. The van der Waals surface area contributed by atoms with E-state index in [1.165, 1.54) is 11.1 Å². The summed E-state index contributed by atoms with van der Waals surface area (Å²) in [5.74, 6) is 3.80. The lowest BCUT2D eigenvalue weighted by atomic mass is 9.68. The lowest BCUT2D eigenvalue weighted by Crippen LogP contribution is -2.30. The molecule has 0 radical (unpaired) electrons. The van der Waals surface area contributed by atoms with E-state index >= 15 is 0 Å². The lowest BCUT2D eigenvalue weighted by molar-refractivity contribution is 0.242. The number of hydrogen-bond acceptors (Lipinski definition) is 1. The van der Waals surface area contributed by atoms with Gasteiger partial charge in [-0.25, -0.2) is 0 Å². The summed E-state index contributed by atoms with van der Waals surface area (Å²) in [5, 5.41) is 9.68. The van der Waals surface area contributed by atoms with Crippen molar-refractivity contribution < 1.29 is 0 Å². The Labute approximate surface area is 143 Å². The fourth-order valence-corrected chi connectivity index (χ4v) is 5.85. The third kappa shape index (κ3) is 1.86. The maximum absolute atomic E-state index is 9.68. The first-order valence-corrected chi connectivity index (χ1v) is 9.06. The number of nitrogens with zero attached hydrogens (tertiary/aromatic N) is 1. The van der Waals surface area contributed by atoms with Gasteiger partial charge in [-0.2, -0.15) is 5.26 Å². The van der Waals surface area contributed by atoms with Crippen LogP contribution in [-0.2, 0) is 0 Å². The number of benzene rings is 2. The highest BCUT2D eigenvalue weighted by Crippen LogP contribution is 2.66. The van der Waals surface area contributed by atoms with E-state index < -0.39 is 0 Å². The maximum atomic E-state index is 9.68. The molecule has 2 saturated carbocycles. The van der Waals surface area contributed by atoms with E-state index in [9.17, 15) is 5.26 Å². The Balaban J connectivity index is 1.62. The highest BCUT2D eigenvalue weighted by Gasteiger charge is 2.61. The van der Waals surface area contributed by atoms with E-state index in [1.54, 1.807) is 0 Å². The molecule has 0 amide bonds. The van der Waals surface area contributed by atoms with Gasteiger partial charge in [0.05, 0.1) is 12.0 Å². The van der Waals surface area contributed by atoms with Gasteiger partial charge in [0.2, 0.25) is 0 Å². The van der Waals surface area contributed by atoms with Crippen LogP contribution in [0.3, 0.4) is 0 Å². The number of fused-ring (bicyclic) bond motifs is 5. The summed E-state index contributed by atoms with van der Waals surface area (Å²) >= 11 is 0. The Kier molecular flexibility index (Phi) is 3.13. The van der Waals surface area contributed by atoms with E-state index in [0.29, 0.717) is 29.6 Å². The molecule has 0 aliphatic heterocycles. The average molecular weight is 311 g/mol. The van der Waals surface area contributed by atoms with Crippen molar-refractivity contribution in [3.63, 3.8) is 0 Å². The highest BCUT2D eigenvalue weighted by molar-refractivity contribution is 5.38. The van der Waals surface area contributed by atoms with E-state index in [0.717, 1.165) is 12.3 Å². The first kappa shape index (κ1) is 14.1. The Hall–Kier alpha value is -2.33. The van der Waals surface area contributed by atoms with Crippen molar-refractivity contribution in [1.29, 1.82) is 5.26 Å². The van der Waals surface area contributed by atoms with E-state index in [1.807, 2.05) is 0 Å². The monoisotopic (exact) mass is 311 g/mol. The molecule has 0 heterocycles. The molecule has 1 nitrogen and oxygen atoms in total. The van der Waals surface area contributed by atoms with Crippen molar-refractivity contribution in [1.82, 2.24) is 0 Å². The van der Waals surface area contributed by atoms with Gasteiger partial charge in [-0.15, -0.1) is 0 Å². The minimum atomic E-state index is 0.237. The normalized spacial score (nSPS) is 35.5. The van der Waals surface area contributed by atoms with Gasteiger partial charge in [-0.05, 0) is 47.1 Å². The van der Waals surface area contributed by atoms with Gasteiger partial charge in [-0.3, -0.25) is 0 Å². The van der Waals surface area contributed by atoms with Crippen molar-refractivity contribution in [3.8, 4) is 6.07 Å². The van der Waals surface area contributed by atoms with Crippen molar-refractivity contribution in [2.45, 2.75) is 12.3 Å². The molecule has 0 aromatic heterocycles. The fourth-order valence-electron chi connectivity index (χ4n) is 5.85. The lowest BCUT2D eigenvalue weighted by Gasteiger charge is -2.35. The highest BCUT2D eigenvalue weighted by atomic mass is 14.6. The molecule has 0 N–H and O–H groups in total. The standard InChI is InChI=1S/C23H21N/c24-14-17-13-20-18-11-12-19(18)22(17)23(20)21(15-7-3-1-4-8-15)16-9-5-2-6-10-16/h1-12,17-23H,13H2/t17-,18+,19+,20+,22+,23?/m0/s1. The minimum Gasteiger partial charge on any atom is -0.198 e. The van der Waals surface area contributed by atoms with Crippen LogP contribution in [0.2, 0.25) is 0 Å². The third-order valence-electron chi connectivity index (χ3n) is 6.74. The second kappa shape index (κ2) is 5.35. The van der Waals surface area contributed by atoms with Gasteiger partial charge in [0.25, 0.3) is 0 Å². The Morgan fingerprint density at radius 3 is 1.92 bits per heavy atom. The second-order valence-corrected chi connectivity index (χ2v) is 7.63. The van der Waals surface area contributed by atoms with Crippen LogP contribution in [0.1, 0.15) is 23.5 Å². The predicted molar refractivity (Wildman–Crippen MR) is 95.0 cm³/mol. The molecule has 3 aliphatic carbocycles. The summed E-state index contributed by atoms with van der Waals surface area (Å²) in [5.41, 5.74) is 2.81. The minimum absolute atomic E-state index is 0.237. The van der Waals surface area contributed by atoms with Crippen LogP contribution >= 0.6 is 0 Å². The van der Waals surface area contributed by atoms with Crippen molar-refractivity contribution in [2.75, 3.05) is 0 Å². The second-order valence-electron chi connectivity index (χ2n) is 7.63. The molecule has 2 bridgehead atoms. The van der Waals surface area contributed by atoms with Gasteiger partial charge in [0.15, 0.2) is 0 Å². The average Bonchev–Trinajstić information content (AvgIpc) is 3.04. The number of hydrogen-bond donors (Lipinski definition) is 0. The Morgan fingerprint density at radius 2 is 1.42 bits per heavy atom. The summed E-state index contributed by atoms with van der Waals surface area (Å²) in [6, 6.07) is 24.5. The maximum Gasteiger partial charge on any atom is 0.0659 e. The number of nitriles is 1. The summed E-state index contributed by atoms with van der Waals surface area (Å²) in [6.45, 7) is 0.